The number of carboxylic acid groups (broad SMARTS) is 1. The Balaban J connectivity index is 1.86. The quantitative estimate of drug-likeness (QED) is 0.439. The van der Waals surface area contributed by atoms with Gasteiger partial charge in [0.1, 0.15) is 6.33 Å². The fourth-order valence-corrected chi connectivity index (χ4v) is 6.15. The largest absolute Gasteiger partial charge is 0.480 e. The molecular weight excluding hydrogens is 391 g/mol. The van der Waals surface area contributed by atoms with Gasteiger partial charge in [0.2, 0.25) is 7.37 Å². The van der Waals surface area contributed by atoms with Crippen LogP contribution in [0.25, 0.3) is 11.1 Å². The number of nitrogens with zero attached hydrogens (tertiary/aromatic N) is 3. The van der Waals surface area contributed by atoms with Crippen LogP contribution in [0.1, 0.15) is 24.8 Å². The highest BCUT2D eigenvalue weighted by molar-refractivity contribution is 7.61. The van der Waals surface area contributed by atoms with E-state index in [0.717, 1.165) is 16.7 Å². The third kappa shape index (κ3) is 4.56. The molecule has 1 saturated heterocycles. The van der Waals surface area contributed by atoms with Crippen LogP contribution in [0.3, 0.4) is 0 Å². The van der Waals surface area contributed by atoms with Gasteiger partial charge in [0.15, 0.2) is 5.16 Å². The van der Waals surface area contributed by atoms with Crippen LogP contribution in [0.15, 0.2) is 43.0 Å². The van der Waals surface area contributed by atoms with Crippen LogP contribution in [0.4, 0.5) is 0 Å². The Morgan fingerprint density at radius 2 is 1.97 bits per heavy atom. The van der Waals surface area contributed by atoms with Crippen molar-refractivity contribution >= 4 is 13.3 Å². The predicted octanol–water partition coefficient (Wildman–Crippen LogP) is 2.18. The lowest BCUT2D eigenvalue weighted by Gasteiger charge is -2.43. The molecule has 0 radical (unpaired) electrons. The number of carboxylic acids is 1. The molecule has 2 heterocycles. The molecule has 9 heteroatoms. The highest BCUT2D eigenvalue weighted by Crippen LogP contribution is 2.59. The molecule has 156 valence electrons. The zero-order chi connectivity index (χ0) is 20.9. The first-order valence-corrected chi connectivity index (χ1v) is 11.6. The zero-order valence-electron chi connectivity index (χ0n) is 16.3. The van der Waals surface area contributed by atoms with E-state index in [1.807, 2.05) is 29.2 Å². The van der Waals surface area contributed by atoms with Crippen molar-refractivity contribution in [3.8, 4) is 11.1 Å². The van der Waals surface area contributed by atoms with E-state index in [0.29, 0.717) is 32.5 Å². The molecule has 0 aliphatic carbocycles. The number of benzene rings is 1. The van der Waals surface area contributed by atoms with E-state index in [-0.39, 0.29) is 19.1 Å². The minimum atomic E-state index is -3.84. The van der Waals surface area contributed by atoms with Crippen molar-refractivity contribution in [2.24, 2.45) is 5.73 Å². The van der Waals surface area contributed by atoms with Gasteiger partial charge in [-0.25, -0.2) is 9.97 Å². The smallest absolute Gasteiger partial charge is 0.320 e. The summed E-state index contributed by atoms with van der Waals surface area (Å²) in [4.78, 5) is 32.8. The van der Waals surface area contributed by atoms with Crippen LogP contribution in [-0.4, -0.2) is 61.8 Å². The summed E-state index contributed by atoms with van der Waals surface area (Å²) in [5.74, 6) is -1.20. The molecule has 29 heavy (non-hydrogen) atoms. The first-order chi connectivity index (χ1) is 13.9. The van der Waals surface area contributed by atoms with Crippen molar-refractivity contribution in [1.29, 1.82) is 0 Å². The minimum Gasteiger partial charge on any atom is -0.480 e. The van der Waals surface area contributed by atoms with Gasteiger partial charge in [0, 0.05) is 43.8 Å². The standard InChI is InChI=1S/C20H27N4O4P/c21-8-4-3-7-20(19(25)26)14-24(9-10-29(20,27)28)13-16-5-1-2-6-18(16)17-11-22-15-23-12-17/h1-2,5-6,11-12,15H,3-4,7-10,13-14,21H2,(H,25,26)(H,27,28). The van der Waals surface area contributed by atoms with Gasteiger partial charge in [-0.2, -0.15) is 0 Å². The summed E-state index contributed by atoms with van der Waals surface area (Å²) >= 11 is 0. The van der Waals surface area contributed by atoms with Gasteiger partial charge in [0.05, 0.1) is 0 Å². The van der Waals surface area contributed by atoms with E-state index < -0.39 is 18.5 Å². The maximum absolute atomic E-state index is 12.9. The second-order valence-electron chi connectivity index (χ2n) is 7.50. The van der Waals surface area contributed by atoms with Crippen LogP contribution >= 0.6 is 7.37 Å². The Hall–Kier alpha value is -2.12. The third-order valence-corrected chi connectivity index (χ3v) is 8.30. The molecule has 2 aromatic rings. The summed E-state index contributed by atoms with van der Waals surface area (Å²) in [6.07, 6.45) is 6.20. The van der Waals surface area contributed by atoms with Gasteiger partial charge in [0.25, 0.3) is 0 Å². The Kier molecular flexibility index (Phi) is 6.80. The first kappa shape index (κ1) is 21.6. The molecule has 2 atom stereocenters. The van der Waals surface area contributed by atoms with Crippen LogP contribution in [0.2, 0.25) is 0 Å². The molecule has 3 rings (SSSR count). The van der Waals surface area contributed by atoms with E-state index >= 15 is 0 Å². The Morgan fingerprint density at radius 1 is 1.24 bits per heavy atom. The number of aliphatic carboxylic acids is 1. The fourth-order valence-electron chi connectivity index (χ4n) is 3.94. The molecule has 1 fully saturated rings. The van der Waals surface area contributed by atoms with Crippen molar-refractivity contribution in [2.45, 2.75) is 31.0 Å². The SMILES string of the molecule is NCCCCC1(C(=O)O)CN(Cc2ccccc2-c2cncnc2)CCP1(=O)O. The number of hydrogen-bond acceptors (Lipinski definition) is 6. The molecule has 1 aliphatic rings. The molecule has 1 aromatic heterocycles. The van der Waals surface area contributed by atoms with Gasteiger partial charge < -0.3 is 15.7 Å². The van der Waals surface area contributed by atoms with Crippen LogP contribution in [0.5, 0.6) is 0 Å². The summed E-state index contributed by atoms with van der Waals surface area (Å²) in [5, 5.41) is 8.29. The number of hydrogen-bond donors (Lipinski definition) is 3. The summed E-state index contributed by atoms with van der Waals surface area (Å²) in [7, 11) is -3.84. The third-order valence-electron chi connectivity index (χ3n) is 5.60. The topological polar surface area (TPSA) is 130 Å². The van der Waals surface area contributed by atoms with Crippen LogP contribution in [0, 0.1) is 0 Å². The molecule has 8 nitrogen and oxygen atoms in total. The normalized spacial score (nSPS) is 25.0. The van der Waals surface area contributed by atoms with Crippen molar-refractivity contribution < 1.29 is 19.4 Å². The maximum Gasteiger partial charge on any atom is 0.320 e. The number of unbranched alkanes of at least 4 members (excludes halogenated alkanes) is 1. The number of carbonyl (C=O) groups is 1. The molecule has 0 saturated carbocycles. The van der Waals surface area contributed by atoms with Crippen LogP contribution in [-0.2, 0) is 15.9 Å². The Bertz CT molecular complexity index is 895. The van der Waals surface area contributed by atoms with Crippen molar-refractivity contribution in [1.82, 2.24) is 14.9 Å². The van der Waals surface area contributed by atoms with E-state index in [1.54, 1.807) is 12.4 Å². The van der Waals surface area contributed by atoms with Crippen molar-refractivity contribution in [2.75, 3.05) is 25.8 Å². The van der Waals surface area contributed by atoms with Gasteiger partial charge in [-0.1, -0.05) is 30.7 Å². The Labute approximate surface area is 170 Å². The minimum absolute atomic E-state index is 0.0292. The van der Waals surface area contributed by atoms with Crippen molar-refractivity contribution in [3.05, 3.63) is 48.5 Å². The van der Waals surface area contributed by atoms with E-state index in [4.69, 9.17) is 5.73 Å². The second-order valence-corrected chi connectivity index (χ2v) is 10.2. The summed E-state index contributed by atoms with van der Waals surface area (Å²) < 4.78 is 12.9. The highest BCUT2D eigenvalue weighted by atomic mass is 31.2. The lowest BCUT2D eigenvalue weighted by atomic mass is 9.98. The summed E-state index contributed by atoms with van der Waals surface area (Å²) in [5.41, 5.74) is 8.37. The van der Waals surface area contributed by atoms with Crippen LogP contribution < -0.4 is 5.73 Å². The molecule has 4 N–H and O–H groups in total. The van der Waals surface area contributed by atoms with E-state index in [2.05, 4.69) is 9.97 Å². The van der Waals surface area contributed by atoms with Gasteiger partial charge >= 0.3 is 5.97 Å². The maximum atomic E-state index is 12.9. The zero-order valence-corrected chi connectivity index (χ0v) is 17.2. The van der Waals surface area contributed by atoms with Gasteiger partial charge in [-0.05, 0) is 30.5 Å². The van der Waals surface area contributed by atoms with Gasteiger partial charge in [-0.3, -0.25) is 14.3 Å². The monoisotopic (exact) mass is 418 g/mol. The van der Waals surface area contributed by atoms with E-state index in [1.165, 1.54) is 6.33 Å². The fraction of sp³-hybridized carbons (Fsp3) is 0.450. The average molecular weight is 418 g/mol. The van der Waals surface area contributed by atoms with Gasteiger partial charge in [-0.15, -0.1) is 0 Å². The summed E-state index contributed by atoms with van der Waals surface area (Å²) in [6, 6.07) is 7.81. The number of nitrogens with two attached hydrogens (primary N) is 1. The molecular formula is C20H27N4O4P. The Morgan fingerprint density at radius 3 is 2.66 bits per heavy atom. The number of aromatic nitrogens is 2. The average Bonchev–Trinajstić information content (AvgIpc) is 2.71. The molecule has 0 spiro atoms. The lowest BCUT2D eigenvalue weighted by Crippen LogP contribution is -2.53. The second kappa shape index (κ2) is 9.13. The molecule has 2 unspecified atom stereocenters. The lowest BCUT2D eigenvalue weighted by molar-refractivity contribution is -0.141. The molecule has 0 bridgehead atoms. The van der Waals surface area contributed by atoms with E-state index in [9.17, 15) is 19.4 Å². The molecule has 1 aliphatic heterocycles. The summed E-state index contributed by atoms with van der Waals surface area (Å²) in [6.45, 7) is 1.33. The van der Waals surface area contributed by atoms with Crippen molar-refractivity contribution in [3.63, 3.8) is 0 Å². The highest BCUT2D eigenvalue weighted by Gasteiger charge is 2.56. The number of rotatable bonds is 8. The molecule has 1 aromatic carbocycles. The molecule has 0 amide bonds. The predicted molar refractivity (Wildman–Crippen MR) is 111 cm³/mol. The first-order valence-electron chi connectivity index (χ1n) is 9.71.